The van der Waals surface area contributed by atoms with Gasteiger partial charge in [0.2, 0.25) is 5.69 Å². The molecule has 0 N–H and O–H groups in total. The number of rotatable bonds is 3. The van der Waals surface area contributed by atoms with Gasteiger partial charge < -0.3 is 0 Å². The van der Waals surface area contributed by atoms with Gasteiger partial charge in [-0.2, -0.15) is 13.2 Å². The Hall–Kier alpha value is -1.84. The summed E-state index contributed by atoms with van der Waals surface area (Å²) in [4.78, 5) is 0. The second kappa shape index (κ2) is 7.20. The van der Waals surface area contributed by atoms with Crippen LogP contribution in [0.25, 0.3) is 11.3 Å². The third-order valence-electron chi connectivity index (χ3n) is 6.72. The lowest BCUT2D eigenvalue weighted by molar-refractivity contribution is -0.661. The molecule has 0 radical (unpaired) electrons. The van der Waals surface area contributed by atoms with Crippen LogP contribution in [0.15, 0.2) is 36.5 Å². The molecule has 1 saturated carbocycles. The number of alkyl halides is 3. The van der Waals surface area contributed by atoms with Gasteiger partial charge in [-0.05, 0) is 62.3 Å². The standard InChI is InChI=1S/C24H31F3N/c1-17-15-18(23(4)13-7-6-8-14-23)9-11-20(17)21-12-10-19(16-28(21)5)22(2,3)24(25,26)27/h9-12,15-16H,6-8,13-14H2,1-5H3/q+1. The summed E-state index contributed by atoms with van der Waals surface area (Å²) in [7, 11) is 1.82. The van der Waals surface area contributed by atoms with Crippen molar-refractivity contribution in [3.8, 4) is 11.3 Å². The zero-order valence-corrected chi connectivity index (χ0v) is 17.6. The first-order valence-electron chi connectivity index (χ1n) is 10.1. The largest absolute Gasteiger partial charge is 0.398 e. The highest BCUT2D eigenvalue weighted by Crippen LogP contribution is 2.41. The third kappa shape index (κ3) is 3.70. The van der Waals surface area contributed by atoms with Crippen molar-refractivity contribution < 1.29 is 17.7 Å². The Kier molecular flexibility index (Phi) is 5.37. The first-order valence-corrected chi connectivity index (χ1v) is 10.1. The van der Waals surface area contributed by atoms with Crippen molar-refractivity contribution in [3.05, 3.63) is 53.2 Å². The molecule has 152 valence electrons. The van der Waals surface area contributed by atoms with E-state index in [0.29, 0.717) is 0 Å². The van der Waals surface area contributed by atoms with E-state index in [-0.39, 0.29) is 11.0 Å². The molecular formula is C24H31F3N+. The molecule has 0 bridgehead atoms. The summed E-state index contributed by atoms with van der Waals surface area (Å²) in [6.45, 7) is 6.91. The molecule has 1 aliphatic carbocycles. The normalized spacial score (nSPS) is 17.6. The number of aromatic nitrogens is 1. The summed E-state index contributed by atoms with van der Waals surface area (Å²) in [5.41, 5.74) is 3.19. The Bertz CT molecular complexity index is 859. The lowest BCUT2D eigenvalue weighted by Gasteiger charge is -2.34. The van der Waals surface area contributed by atoms with Gasteiger partial charge >= 0.3 is 6.18 Å². The van der Waals surface area contributed by atoms with Crippen molar-refractivity contribution in [1.29, 1.82) is 0 Å². The fourth-order valence-electron chi connectivity index (χ4n) is 4.37. The molecule has 1 aliphatic rings. The fourth-order valence-corrected chi connectivity index (χ4v) is 4.37. The molecule has 4 heteroatoms. The first kappa shape index (κ1) is 20.9. The number of hydrogen-bond donors (Lipinski definition) is 0. The highest BCUT2D eigenvalue weighted by Gasteiger charge is 2.49. The van der Waals surface area contributed by atoms with Crippen molar-refractivity contribution in [2.24, 2.45) is 7.05 Å². The predicted octanol–water partition coefficient (Wildman–Crippen LogP) is 6.55. The SMILES string of the molecule is Cc1cc(C2(C)CCCCC2)ccc1-c1ccc(C(C)(C)C(F)(F)F)c[n+]1C. The Morgan fingerprint density at radius 1 is 0.964 bits per heavy atom. The van der Waals surface area contributed by atoms with Gasteiger partial charge in [-0.15, -0.1) is 0 Å². The summed E-state index contributed by atoms with van der Waals surface area (Å²) in [6, 6.07) is 10.0. The van der Waals surface area contributed by atoms with Crippen LogP contribution in [0.1, 0.15) is 69.6 Å². The molecule has 0 amide bonds. The van der Waals surface area contributed by atoms with Crippen molar-refractivity contribution in [3.63, 3.8) is 0 Å². The van der Waals surface area contributed by atoms with E-state index in [2.05, 4.69) is 32.0 Å². The van der Waals surface area contributed by atoms with Gasteiger partial charge in [0.1, 0.15) is 7.05 Å². The van der Waals surface area contributed by atoms with Crippen LogP contribution in [0.2, 0.25) is 0 Å². The van der Waals surface area contributed by atoms with Crippen LogP contribution in [-0.4, -0.2) is 6.18 Å². The van der Waals surface area contributed by atoms with Crippen molar-refractivity contribution in [2.75, 3.05) is 0 Å². The number of hydrogen-bond acceptors (Lipinski definition) is 0. The topological polar surface area (TPSA) is 3.88 Å². The maximum atomic E-state index is 13.4. The minimum Gasteiger partial charge on any atom is -0.201 e. The Morgan fingerprint density at radius 2 is 1.61 bits per heavy atom. The van der Waals surface area contributed by atoms with Crippen LogP contribution < -0.4 is 4.57 Å². The maximum Gasteiger partial charge on any atom is 0.398 e. The molecule has 0 spiro atoms. The number of nitrogens with zero attached hydrogens (tertiary/aromatic N) is 1. The van der Waals surface area contributed by atoms with Crippen LogP contribution in [-0.2, 0) is 17.9 Å². The second-order valence-electron chi connectivity index (χ2n) is 9.19. The molecule has 3 rings (SSSR count). The van der Waals surface area contributed by atoms with E-state index in [1.807, 2.05) is 17.7 Å². The number of halogens is 3. The van der Waals surface area contributed by atoms with Crippen LogP contribution in [0, 0.1) is 6.92 Å². The Labute approximate surface area is 166 Å². The fraction of sp³-hybridized carbons (Fsp3) is 0.542. The van der Waals surface area contributed by atoms with Gasteiger partial charge in [0.05, 0.1) is 5.41 Å². The van der Waals surface area contributed by atoms with Crippen LogP contribution in [0.5, 0.6) is 0 Å². The number of benzene rings is 1. The lowest BCUT2D eigenvalue weighted by atomic mass is 9.70. The van der Waals surface area contributed by atoms with Gasteiger partial charge in [0.25, 0.3) is 0 Å². The molecule has 0 atom stereocenters. The van der Waals surface area contributed by atoms with E-state index in [4.69, 9.17) is 0 Å². The molecule has 0 saturated heterocycles. The van der Waals surface area contributed by atoms with Crippen molar-refractivity contribution in [1.82, 2.24) is 0 Å². The second-order valence-corrected chi connectivity index (χ2v) is 9.19. The molecule has 2 aromatic rings. The van der Waals surface area contributed by atoms with E-state index in [1.54, 1.807) is 12.3 Å². The van der Waals surface area contributed by atoms with Crippen molar-refractivity contribution in [2.45, 2.75) is 76.8 Å². The molecule has 1 heterocycles. The highest BCUT2D eigenvalue weighted by atomic mass is 19.4. The van der Waals surface area contributed by atoms with E-state index in [1.165, 1.54) is 57.1 Å². The summed E-state index contributed by atoms with van der Waals surface area (Å²) >= 11 is 0. The van der Waals surface area contributed by atoms with Gasteiger partial charge in [-0.25, -0.2) is 4.57 Å². The number of aryl methyl sites for hydroxylation is 2. The monoisotopic (exact) mass is 390 g/mol. The number of pyridine rings is 1. The first-order chi connectivity index (χ1) is 13.0. The third-order valence-corrected chi connectivity index (χ3v) is 6.72. The van der Waals surface area contributed by atoms with Crippen LogP contribution in [0.3, 0.4) is 0 Å². The van der Waals surface area contributed by atoms with Crippen LogP contribution >= 0.6 is 0 Å². The minimum atomic E-state index is -4.28. The molecule has 0 unspecified atom stereocenters. The van der Waals surface area contributed by atoms with E-state index in [9.17, 15) is 13.2 Å². The summed E-state index contributed by atoms with van der Waals surface area (Å²) in [6.07, 6.45) is 3.66. The van der Waals surface area contributed by atoms with Gasteiger partial charge in [0.15, 0.2) is 6.20 Å². The summed E-state index contributed by atoms with van der Waals surface area (Å²) in [5, 5.41) is 0. The smallest absolute Gasteiger partial charge is 0.201 e. The quantitative estimate of drug-likeness (QED) is 0.523. The molecule has 1 nitrogen and oxygen atoms in total. The van der Waals surface area contributed by atoms with Crippen molar-refractivity contribution >= 4 is 0 Å². The maximum absolute atomic E-state index is 13.4. The highest BCUT2D eigenvalue weighted by molar-refractivity contribution is 5.62. The predicted molar refractivity (Wildman–Crippen MR) is 107 cm³/mol. The average Bonchev–Trinajstić information content (AvgIpc) is 2.61. The zero-order chi connectivity index (χ0) is 20.7. The summed E-state index contributed by atoms with van der Waals surface area (Å²) < 4.78 is 42.0. The van der Waals surface area contributed by atoms with Crippen LogP contribution in [0.4, 0.5) is 13.2 Å². The van der Waals surface area contributed by atoms with E-state index < -0.39 is 11.6 Å². The van der Waals surface area contributed by atoms with Gasteiger partial charge in [-0.1, -0.05) is 38.3 Å². The van der Waals surface area contributed by atoms with E-state index >= 15 is 0 Å². The molecule has 1 fully saturated rings. The van der Waals surface area contributed by atoms with E-state index in [0.717, 1.165) is 11.3 Å². The minimum absolute atomic E-state index is 0.240. The summed E-state index contributed by atoms with van der Waals surface area (Å²) in [5.74, 6) is 0. The molecule has 0 aliphatic heterocycles. The molecule has 1 aromatic carbocycles. The van der Waals surface area contributed by atoms with Gasteiger partial charge in [0, 0.05) is 17.2 Å². The average molecular weight is 391 g/mol. The van der Waals surface area contributed by atoms with Gasteiger partial charge in [-0.3, -0.25) is 0 Å². The molecular weight excluding hydrogens is 359 g/mol. The molecule has 28 heavy (non-hydrogen) atoms. The Morgan fingerprint density at radius 3 is 2.14 bits per heavy atom. The zero-order valence-electron chi connectivity index (χ0n) is 17.6. The Balaban J connectivity index is 1.96. The lowest BCUT2D eigenvalue weighted by Crippen LogP contribution is -2.40. The molecule has 1 aromatic heterocycles.